The van der Waals surface area contributed by atoms with E-state index in [-0.39, 0.29) is 11.9 Å². The van der Waals surface area contributed by atoms with E-state index in [4.69, 9.17) is 11.6 Å². The van der Waals surface area contributed by atoms with Crippen LogP contribution >= 0.6 is 11.6 Å². The van der Waals surface area contributed by atoms with Gasteiger partial charge < -0.3 is 5.32 Å². The zero-order valence-electron chi connectivity index (χ0n) is 9.66. The van der Waals surface area contributed by atoms with E-state index in [0.29, 0.717) is 17.1 Å². The molecule has 1 atom stereocenters. The Balaban J connectivity index is 2.37. The SMILES string of the molecule is CC[C@@]1(C)NC(=O)N(c2ccc(Cl)cc2)C1=O. The van der Waals surface area contributed by atoms with Crippen LogP contribution in [0.5, 0.6) is 0 Å². The van der Waals surface area contributed by atoms with Crippen LogP contribution in [0, 0.1) is 0 Å². The largest absolute Gasteiger partial charge is 0.329 e. The highest BCUT2D eigenvalue weighted by Gasteiger charge is 2.47. The lowest BCUT2D eigenvalue weighted by atomic mass is 9.99. The van der Waals surface area contributed by atoms with Gasteiger partial charge in [0.1, 0.15) is 5.54 Å². The van der Waals surface area contributed by atoms with E-state index in [1.165, 1.54) is 0 Å². The molecular weight excluding hydrogens is 240 g/mol. The van der Waals surface area contributed by atoms with Gasteiger partial charge in [-0.1, -0.05) is 18.5 Å². The Kier molecular flexibility index (Phi) is 2.83. The molecule has 17 heavy (non-hydrogen) atoms. The van der Waals surface area contributed by atoms with E-state index in [1.54, 1.807) is 31.2 Å². The molecule has 5 heteroatoms. The Morgan fingerprint density at radius 1 is 1.29 bits per heavy atom. The number of nitrogens with one attached hydrogen (secondary N) is 1. The molecule has 2 rings (SSSR count). The third kappa shape index (κ3) is 1.89. The lowest BCUT2D eigenvalue weighted by Crippen LogP contribution is -2.43. The van der Waals surface area contributed by atoms with Crippen molar-refractivity contribution in [1.29, 1.82) is 0 Å². The average molecular weight is 253 g/mol. The van der Waals surface area contributed by atoms with Gasteiger partial charge in [-0.2, -0.15) is 0 Å². The van der Waals surface area contributed by atoms with E-state index in [1.807, 2.05) is 6.92 Å². The summed E-state index contributed by atoms with van der Waals surface area (Å²) in [6.07, 6.45) is 0.557. The van der Waals surface area contributed by atoms with Crippen molar-refractivity contribution in [3.63, 3.8) is 0 Å². The number of anilines is 1. The standard InChI is InChI=1S/C12H13ClN2O2/c1-3-12(2)10(16)15(11(17)14-12)9-6-4-8(13)5-7-9/h4-7H,3H2,1-2H3,(H,14,17)/t12-/m1/s1. The summed E-state index contributed by atoms with van der Waals surface area (Å²) in [4.78, 5) is 25.1. The van der Waals surface area contributed by atoms with Crippen molar-refractivity contribution in [1.82, 2.24) is 5.32 Å². The lowest BCUT2D eigenvalue weighted by molar-refractivity contribution is -0.121. The van der Waals surface area contributed by atoms with Gasteiger partial charge in [-0.15, -0.1) is 0 Å². The second-order valence-electron chi connectivity index (χ2n) is 4.23. The first-order valence-electron chi connectivity index (χ1n) is 5.40. The Morgan fingerprint density at radius 3 is 2.35 bits per heavy atom. The lowest BCUT2D eigenvalue weighted by Gasteiger charge is -2.19. The predicted molar refractivity (Wildman–Crippen MR) is 66.2 cm³/mol. The third-order valence-electron chi connectivity index (χ3n) is 3.05. The van der Waals surface area contributed by atoms with Gasteiger partial charge in [-0.3, -0.25) is 4.79 Å². The van der Waals surface area contributed by atoms with Gasteiger partial charge in [0.15, 0.2) is 0 Å². The maximum Gasteiger partial charge on any atom is 0.329 e. The number of carbonyl (C=O) groups excluding carboxylic acids is 2. The number of urea groups is 1. The maximum absolute atomic E-state index is 12.2. The monoisotopic (exact) mass is 252 g/mol. The molecule has 0 saturated carbocycles. The van der Waals surface area contributed by atoms with E-state index in [2.05, 4.69) is 5.32 Å². The number of carbonyl (C=O) groups is 2. The third-order valence-corrected chi connectivity index (χ3v) is 3.30. The van der Waals surface area contributed by atoms with Crippen LogP contribution in [0.1, 0.15) is 20.3 Å². The van der Waals surface area contributed by atoms with Gasteiger partial charge in [0, 0.05) is 5.02 Å². The smallest absolute Gasteiger partial charge is 0.323 e. The van der Waals surface area contributed by atoms with Crippen molar-refractivity contribution in [2.75, 3.05) is 4.90 Å². The first-order chi connectivity index (χ1) is 7.98. The molecule has 0 aliphatic carbocycles. The summed E-state index contributed by atoms with van der Waals surface area (Å²) in [5.74, 6) is -0.229. The van der Waals surface area contributed by atoms with Gasteiger partial charge in [0.05, 0.1) is 5.69 Å². The molecule has 1 aromatic carbocycles. The first-order valence-corrected chi connectivity index (χ1v) is 5.78. The first kappa shape index (κ1) is 11.9. The summed E-state index contributed by atoms with van der Waals surface area (Å²) >= 11 is 5.77. The Morgan fingerprint density at radius 2 is 1.88 bits per heavy atom. The highest BCUT2D eigenvalue weighted by atomic mass is 35.5. The fourth-order valence-electron chi connectivity index (χ4n) is 1.75. The Labute approximate surface area is 105 Å². The fourth-order valence-corrected chi connectivity index (χ4v) is 1.87. The van der Waals surface area contributed by atoms with Crippen LogP contribution in [-0.2, 0) is 4.79 Å². The van der Waals surface area contributed by atoms with Crippen LogP contribution in [-0.4, -0.2) is 17.5 Å². The fraction of sp³-hybridized carbons (Fsp3) is 0.333. The molecule has 4 nitrogen and oxygen atoms in total. The molecule has 0 unspecified atom stereocenters. The van der Waals surface area contributed by atoms with E-state index >= 15 is 0 Å². The highest BCUT2D eigenvalue weighted by Crippen LogP contribution is 2.27. The zero-order chi connectivity index (χ0) is 12.6. The number of halogens is 1. The topological polar surface area (TPSA) is 49.4 Å². The quantitative estimate of drug-likeness (QED) is 0.823. The number of nitrogens with zero attached hydrogens (tertiary/aromatic N) is 1. The minimum absolute atomic E-state index is 0.229. The molecule has 1 saturated heterocycles. The molecule has 1 aliphatic heterocycles. The van der Waals surface area contributed by atoms with Crippen molar-refractivity contribution in [2.45, 2.75) is 25.8 Å². The maximum atomic E-state index is 12.2. The van der Waals surface area contributed by atoms with E-state index in [0.717, 1.165) is 4.90 Å². The minimum atomic E-state index is -0.809. The second kappa shape index (κ2) is 4.04. The van der Waals surface area contributed by atoms with Gasteiger partial charge >= 0.3 is 6.03 Å². The molecular formula is C12H13ClN2O2. The van der Waals surface area contributed by atoms with Crippen LogP contribution in [0.2, 0.25) is 5.02 Å². The van der Waals surface area contributed by atoms with Gasteiger partial charge in [-0.05, 0) is 37.6 Å². The molecule has 1 aliphatic rings. The Bertz CT molecular complexity index is 472. The van der Waals surface area contributed by atoms with Crippen molar-refractivity contribution in [3.8, 4) is 0 Å². The molecule has 0 bridgehead atoms. The van der Waals surface area contributed by atoms with Gasteiger partial charge in [0.2, 0.25) is 0 Å². The number of imide groups is 1. The van der Waals surface area contributed by atoms with Crippen LogP contribution in [0.15, 0.2) is 24.3 Å². The number of rotatable bonds is 2. The Hall–Kier alpha value is -1.55. The van der Waals surface area contributed by atoms with Crippen molar-refractivity contribution in [2.24, 2.45) is 0 Å². The number of benzene rings is 1. The van der Waals surface area contributed by atoms with Gasteiger partial charge in [0.25, 0.3) is 5.91 Å². The van der Waals surface area contributed by atoms with Gasteiger partial charge in [-0.25, -0.2) is 9.69 Å². The van der Waals surface area contributed by atoms with E-state index in [9.17, 15) is 9.59 Å². The van der Waals surface area contributed by atoms with Crippen molar-refractivity contribution in [3.05, 3.63) is 29.3 Å². The molecule has 0 aromatic heterocycles. The summed E-state index contributed by atoms with van der Waals surface area (Å²) < 4.78 is 0. The molecule has 1 aromatic rings. The summed E-state index contributed by atoms with van der Waals surface area (Å²) in [5.41, 5.74) is -0.273. The molecule has 90 valence electrons. The summed E-state index contributed by atoms with van der Waals surface area (Å²) in [6, 6.07) is 6.22. The molecule has 3 amide bonds. The van der Waals surface area contributed by atoms with Crippen LogP contribution in [0.4, 0.5) is 10.5 Å². The minimum Gasteiger partial charge on any atom is -0.323 e. The summed E-state index contributed by atoms with van der Waals surface area (Å²) in [7, 11) is 0. The highest BCUT2D eigenvalue weighted by molar-refractivity contribution is 6.30. The molecule has 0 spiro atoms. The number of amides is 3. The second-order valence-corrected chi connectivity index (χ2v) is 4.67. The zero-order valence-corrected chi connectivity index (χ0v) is 10.4. The summed E-state index contributed by atoms with van der Waals surface area (Å²) in [5, 5.41) is 3.27. The molecule has 1 heterocycles. The number of hydrogen-bond donors (Lipinski definition) is 1. The molecule has 1 N–H and O–H groups in total. The van der Waals surface area contributed by atoms with Crippen molar-refractivity contribution < 1.29 is 9.59 Å². The molecule has 1 fully saturated rings. The van der Waals surface area contributed by atoms with Crippen LogP contribution in [0.25, 0.3) is 0 Å². The van der Waals surface area contributed by atoms with Crippen LogP contribution < -0.4 is 10.2 Å². The summed E-state index contributed by atoms with van der Waals surface area (Å²) in [6.45, 7) is 3.59. The normalized spacial score (nSPS) is 24.1. The van der Waals surface area contributed by atoms with Crippen molar-refractivity contribution >= 4 is 29.2 Å². The van der Waals surface area contributed by atoms with Crippen LogP contribution in [0.3, 0.4) is 0 Å². The van der Waals surface area contributed by atoms with E-state index < -0.39 is 5.54 Å². The number of hydrogen-bond acceptors (Lipinski definition) is 2. The average Bonchev–Trinajstić information content (AvgIpc) is 2.53. The molecule has 0 radical (unpaired) electrons. The predicted octanol–water partition coefficient (Wildman–Crippen LogP) is 2.56.